The number of unbranched alkanes of at least 4 members (excludes halogenated alkanes) is 1. The second-order valence-corrected chi connectivity index (χ2v) is 7.37. The molecule has 0 saturated carbocycles. The fourth-order valence-electron chi connectivity index (χ4n) is 3.74. The van der Waals surface area contributed by atoms with Crippen molar-refractivity contribution in [1.29, 1.82) is 0 Å². The Kier molecular flexibility index (Phi) is 6.42. The van der Waals surface area contributed by atoms with Crippen molar-refractivity contribution in [1.82, 2.24) is 4.90 Å². The van der Waals surface area contributed by atoms with Crippen molar-refractivity contribution in [2.45, 2.75) is 31.7 Å². The van der Waals surface area contributed by atoms with Crippen LogP contribution in [0.15, 0.2) is 48.5 Å². The van der Waals surface area contributed by atoms with Gasteiger partial charge in [0, 0.05) is 12.1 Å². The minimum Gasteiger partial charge on any atom is -0.491 e. The number of rotatable bonds is 9. The van der Waals surface area contributed by atoms with Crippen molar-refractivity contribution in [2.75, 3.05) is 26.4 Å². The van der Waals surface area contributed by atoms with Gasteiger partial charge in [0.2, 0.25) is 0 Å². The van der Waals surface area contributed by atoms with Gasteiger partial charge in [-0.25, -0.2) is 0 Å². The van der Waals surface area contributed by atoms with Crippen molar-refractivity contribution in [3.63, 3.8) is 0 Å². The molecule has 0 bridgehead atoms. The van der Waals surface area contributed by atoms with Crippen molar-refractivity contribution in [2.24, 2.45) is 0 Å². The molecule has 30 heavy (non-hydrogen) atoms. The van der Waals surface area contributed by atoms with Crippen LogP contribution in [0.1, 0.15) is 51.8 Å². The van der Waals surface area contributed by atoms with Crippen LogP contribution < -0.4 is 4.74 Å². The number of ether oxygens (including phenoxy) is 3. The zero-order valence-electron chi connectivity index (χ0n) is 16.7. The van der Waals surface area contributed by atoms with E-state index < -0.39 is 6.29 Å². The Morgan fingerprint density at radius 1 is 1.00 bits per heavy atom. The van der Waals surface area contributed by atoms with E-state index in [0.29, 0.717) is 30.0 Å². The Bertz CT molecular complexity index is 862. The summed E-state index contributed by atoms with van der Waals surface area (Å²) in [4.78, 5) is 26.1. The van der Waals surface area contributed by atoms with E-state index in [1.807, 2.05) is 24.3 Å². The second-order valence-electron chi connectivity index (χ2n) is 7.37. The summed E-state index contributed by atoms with van der Waals surface area (Å²) in [5.74, 6) is 0.278. The first-order chi connectivity index (χ1) is 14.7. The minimum absolute atomic E-state index is 0.0116. The van der Waals surface area contributed by atoms with Crippen LogP contribution in [0, 0.1) is 0 Å². The molecule has 1 fully saturated rings. The molecule has 0 radical (unpaired) electrons. The molecule has 0 aliphatic carbocycles. The molecule has 1 saturated heterocycles. The van der Waals surface area contributed by atoms with Crippen molar-refractivity contribution in [3.8, 4) is 5.75 Å². The number of benzene rings is 2. The number of amides is 2. The Balaban J connectivity index is 1.20. The smallest absolute Gasteiger partial charge is 0.261 e. The molecule has 7 heteroatoms. The third kappa shape index (κ3) is 4.38. The van der Waals surface area contributed by atoms with Crippen LogP contribution in [0.4, 0.5) is 0 Å². The molecule has 2 aromatic carbocycles. The van der Waals surface area contributed by atoms with Crippen LogP contribution in [-0.4, -0.2) is 54.3 Å². The first kappa shape index (κ1) is 20.5. The maximum atomic E-state index is 12.4. The summed E-state index contributed by atoms with van der Waals surface area (Å²) < 4.78 is 17.1. The van der Waals surface area contributed by atoms with Gasteiger partial charge in [0.05, 0.1) is 30.4 Å². The number of carbonyl (C=O) groups excluding carboxylic acids is 2. The fourth-order valence-corrected chi connectivity index (χ4v) is 3.74. The number of hydrogen-bond donors (Lipinski definition) is 1. The van der Waals surface area contributed by atoms with Crippen LogP contribution in [-0.2, 0) is 9.47 Å². The highest BCUT2D eigenvalue weighted by molar-refractivity contribution is 6.21. The lowest BCUT2D eigenvalue weighted by Gasteiger charge is -2.15. The number of nitrogens with zero attached hydrogens (tertiary/aromatic N) is 1. The van der Waals surface area contributed by atoms with Crippen LogP contribution in [0.3, 0.4) is 0 Å². The van der Waals surface area contributed by atoms with Gasteiger partial charge in [0.1, 0.15) is 12.4 Å². The SMILES string of the molecule is O=C1c2ccccc2C(=O)N1CCCCC1COC(c2ccc(OCCO)cc2)O1. The summed E-state index contributed by atoms with van der Waals surface area (Å²) >= 11 is 0. The highest BCUT2D eigenvalue weighted by Crippen LogP contribution is 2.30. The van der Waals surface area contributed by atoms with Crippen molar-refractivity contribution < 1.29 is 28.9 Å². The van der Waals surface area contributed by atoms with E-state index in [1.165, 1.54) is 4.90 Å². The third-order valence-electron chi connectivity index (χ3n) is 5.30. The number of aliphatic hydroxyl groups excluding tert-OH is 1. The first-order valence-electron chi connectivity index (χ1n) is 10.2. The molecular formula is C23H25NO6. The van der Waals surface area contributed by atoms with Crippen LogP contribution in [0.25, 0.3) is 0 Å². The molecule has 2 aliphatic heterocycles. The molecule has 2 atom stereocenters. The van der Waals surface area contributed by atoms with E-state index in [1.54, 1.807) is 24.3 Å². The number of hydrogen-bond acceptors (Lipinski definition) is 6. The third-order valence-corrected chi connectivity index (χ3v) is 5.30. The highest BCUT2D eigenvalue weighted by Gasteiger charge is 2.34. The standard InChI is InChI=1S/C23H25NO6/c25-13-14-28-17-10-8-16(9-11-17)23-29-15-18(30-23)5-3-4-12-24-21(26)19-6-1-2-7-20(19)22(24)27/h1-2,6-11,18,23,25H,3-5,12-15H2. The molecule has 2 amide bonds. The van der Waals surface area contributed by atoms with Gasteiger partial charge in [-0.15, -0.1) is 0 Å². The molecule has 7 nitrogen and oxygen atoms in total. The van der Waals surface area contributed by atoms with E-state index in [4.69, 9.17) is 19.3 Å². The Hall–Kier alpha value is -2.74. The minimum atomic E-state index is -0.405. The summed E-state index contributed by atoms with van der Waals surface area (Å²) in [5.41, 5.74) is 1.90. The van der Waals surface area contributed by atoms with Crippen LogP contribution >= 0.6 is 0 Å². The van der Waals surface area contributed by atoms with Gasteiger partial charge in [-0.3, -0.25) is 14.5 Å². The van der Waals surface area contributed by atoms with Gasteiger partial charge < -0.3 is 19.3 Å². The normalized spacial score (nSPS) is 20.6. The van der Waals surface area contributed by atoms with Crippen molar-refractivity contribution >= 4 is 11.8 Å². The molecule has 158 valence electrons. The van der Waals surface area contributed by atoms with Gasteiger partial charge in [-0.1, -0.05) is 24.3 Å². The summed E-state index contributed by atoms with van der Waals surface area (Å²) in [7, 11) is 0. The van der Waals surface area contributed by atoms with Gasteiger partial charge in [0.15, 0.2) is 6.29 Å². The summed E-state index contributed by atoms with van der Waals surface area (Å²) in [6, 6.07) is 14.4. The topological polar surface area (TPSA) is 85.3 Å². The fraction of sp³-hybridized carbons (Fsp3) is 0.391. The summed E-state index contributed by atoms with van der Waals surface area (Å²) in [5, 5.41) is 8.80. The summed E-state index contributed by atoms with van der Waals surface area (Å²) in [6.45, 7) is 1.17. The van der Waals surface area contributed by atoms with E-state index in [0.717, 1.165) is 24.8 Å². The Labute approximate surface area is 175 Å². The monoisotopic (exact) mass is 411 g/mol. The lowest BCUT2D eigenvalue weighted by Crippen LogP contribution is -2.30. The average molecular weight is 411 g/mol. The zero-order chi connectivity index (χ0) is 20.9. The van der Waals surface area contributed by atoms with E-state index in [2.05, 4.69) is 0 Å². The van der Waals surface area contributed by atoms with Crippen LogP contribution in [0.2, 0.25) is 0 Å². The average Bonchev–Trinajstić information content (AvgIpc) is 3.34. The van der Waals surface area contributed by atoms with E-state index in [-0.39, 0.29) is 31.1 Å². The Morgan fingerprint density at radius 3 is 2.37 bits per heavy atom. The lowest BCUT2D eigenvalue weighted by molar-refractivity contribution is -0.0614. The van der Waals surface area contributed by atoms with E-state index in [9.17, 15) is 9.59 Å². The second kappa shape index (κ2) is 9.38. The number of aliphatic hydroxyl groups is 1. The number of imide groups is 1. The first-order valence-corrected chi connectivity index (χ1v) is 10.2. The lowest BCUT2D eigenvalue weighted by atomic mass is 10.1. The Morgan fingerprint density at radius 2 is 1.70 bits per heavy atom. The quantitative estimate of drug-likeness (QED) is 0.504. The molecule has 2 aromatic rings. The number of fused-ring (bicyclic) bond motifs is 1. The van der Waals surface area contributed by atoms with Gasteiger partial charge in [-0.2, -0.15) is 0 Å². The maximum absolute atomic E-state index is 12.4. The van der Waals surface area contributed by atoms with Gasteiger partial charge >= 0.3 is 0 Å². The van der Waals surface area contributed by atoms with Crippen LogP contribution in [0.5, 0.6) is 5.75 Å². The predicted molar refractivity (Wildman–Crippen MR) is 108 cm³/mol. The van der Waals surface area contributed by atoms with Gasteiger partial charge in [-0.05, 0) is 43.5 Å². The molecule has 2 aliphatic rings. The molecular weight excluding hydrogens is 386 g/mol. The molecule has 2 unspecified atom stereocenters. The van der Waals surface area contributed by atoms with E-state index >= 15 is 0 Å². The molecule has 0 aromatic heterocycles. The number of carbonyl (C=O) groups is 2. The molecule has 1 N–H and O–H groups in total. The molecule has 4 rings (SSSR count). The maximum Gasteiger partial charge on any atom is 0.261 e. The van der Waals surface area contributed by atoms with Crippen molar-refractivity contribution in [3.05, 3.63) is 65.2 Å². The highest BCUT2D eigenvalue weighted by atomic mass is 16.7. The largest absolute Gasteiger partial charge is 0.491 e. The molecule has 0 spiro atoms. The summed E-state index contributed by atoms with van der Waals surface area (Å²) in [6.07, 6.45) is 1.95. The zero-order valence-corrected chi connectivity index (χ0v) is 16.7. The molecule has 2 heterocycles. The predicted octanol–water partition coefficient (Wildman–Crippen LogP) is 2.94. The van der Waals surface area contributed by atoms with Gasteiger partial charge in [0.25, 0.3) is 11.8 Å².